The normalized spacial score (nSPS) is 12.6. The molecule has 0 spiro atoms. The van der Waals surface area contributed by atoms with E-state index in [2.05, 4.69) is 43.5 Å². The monoisotopic (exact) mass is 1250 g/mol. The summed E-state index contributed by atoms with van der Waals surface area (Å²) in [5.41, 5.74) is 0. The molecule has 526 valence electrons. The third-order valence-electron chi connectivity index (χ3n) is 19.2. The number of aliphatic hydroxyl groups is 2. The van der Waals surface area contributed by atoms with Crippen molar-refractivity contribution in [2.45, 2.75) is 469 Å². The van der Waals surface area contributed by atoms with Crippen LogP contribution in [0.4, 0.5) is 0 Å². The first-order chi connectivity index (χ1) is 44.0. The van der Waals surface area contributed by atoms with Crippen LogP contribution in [-0.4, -0.2) is 47.4 Å². The van der Waals surface area contributed by atoms with Crippen molar-refractivity contribution in [1.82, 2.24) is 5.32 Å². The minimum Gasteiger partial charge on any atom is -0.466 e. The molecule has 0 bridgehead atoms. The number of hydrogen-bond acceptors (Lipinski definition) is 5. The zero-order valence-electron chi connectivity index (χ0n) is 60.4. The molecule has 2 unspecified atom stereocenters. The van der Waals surface area contributed by atoms with Crippen LogP contribution >= 0.6 is 0 Å². The largest absolute Gasteiger partial charge is 0.466 e. The highest BCUT2D eigenvalue weighted by Crippen LogP contribution is 2.20. The van der Waals surface area contributed by atoms with E-state index < -0.39 is 12.1 Å². The van der Waals surface area contributed by atoms with E-state index in [1.54, 1.807) is 6.08 Å². The maximum atomic E-state index is 12.5. The molecule has 89 heavy (non-hydrogen) atoms. The second-order valence-corrected chi connectivity index (χ2v) is 28.1. The number of nitrogens with one attached hydrogen (secondary N) is 1. The Morgan fingerprint density at radius 3 is 0.854 bits per heavy atom. The molecule has 3 N–H and O–H groups in total. The molecular weight excluding hydrogens is 1090 g/mol. The van der Waals surface area contributed by atoms with E-state index in [9.17, 15) is 19.8 Å². The van der Waals surface area contributed by atoms with Crippen molar-refractivity contribution in [2.24, 2.45) is 0 Å². The van der Waals surface area contributed by atoms with Gasteiger partial charge in [-0.3, -0.25) is 9.59 Å². The fourth-order valence-corrected chi connectivity index (χ4v) is 13.0. The summed E-state index contributed by atoms with van der Waals surface area (Å²) in [6.07, 6.45) is 103. The lowest BCUT2D eigenvalue weighted by Gasteiger charge is -2.20. The van der Waals surface area contributed by atoms with Crippen molar-refractivity contribution >= 4 is 11.9 Å². The molecule has 0 aromatic heterocycles. The van der Waals surface area contributed by atoms with Crippen molar-refractivity contribution < 1.29 is 24.5 Å². The van der Waals surface area contributed by atoms with Gasteiger partial charge in [0.15, 0.2) is 0 Å². The fourth-order valence-electron chi connectivity index (χ4n) is 13.0. The van der Waals surface area contributed by atoms with Gasteiger partial charge in [-0.25, -0.2) is 0 Å². The number of allylic oxidation sites excluding steroid dienone is 5. The van der Waals surface area contributed by atoms with Crippen LogP contribution in [0.5, 0.6) is 0 Å². The van der Waals surface area contributed by atoms with Gasteiger partial charge >= 0.3 is 5.97 Å². The van der Waals surface area contributed by atoms with E-state index in [0.717, 1.165) is 44.9 Å². The van der Waals surface area contributed by atoms with Crippen LogP contribution in [-0.2, 0) is 14.3 Å². The van der Waals surface area contributed by atoms with Crippen molar-refractivity contribution in [1.29, 1.82) is 0 Å². The van der Waals surface area contributed by atoms with Gasteiger partial charge in [0.2, 0.25) is 5.91 Å². The highest BCUT2D eigenvalue weighted by molar-refractivity contribution is 5.76. The topological polar surface area (TPSA) is 95.9 Å². The maximum Gasteiger partial charge on any atom is 0.305 e. The van der Waals surface area contributed by atoms with E-state index >= 15 is 0 Å². The molecular formula is C83H159NO5. The van der Waals surface area contributed by atoms with Crippen LogP contribution < -0.4 is 5.32 Å². The summed E-state index contributed by atoms with van der Waals surface area (Å²) in [6.45, 7) is 4.96. The molecule has 0 aromatic rings. The molecule has 0 aromatic carbocycles. The standard InChI is InChI=1S/C83H159NO5/c1-3-5-7-9-11-13-15-17-19-21-23-24-36-40-43-47-51-55-59-63-67-71-75-81(86)80(79-85)84-82(87)76-72-68-64-60-56-52-48-44-41-37-34-32-30-28-26-25-27-29-31-33-35-38-42-46-50-54-58-62-66-70-74-78-89-83(88)77-73-69-65-61-57-53-49-45-39-22-20-18-16-14-12-10-8-6-4-2/h27,29,33,35,71,75,80-81,85-86H,3-26,28,30-32,34,36-70,72-74,76-79H2,1-2H3,(H,84,87)/b29-27-,35-33-,75-71+. The average Bonchev–Trinajstić information content (AvgIpc) is 3.63. The number of carbonyl (C=O) groups is 2. The number of unbranched alkanes of at least 4 members (excludes halogenated alkanes) is 62. The summed E-state index contributed by atoms with van der Waals surface area (Å²) >= 11 is 0. The lowest BCUT2D eigenvalue weighted by molar-refractivity contribution is -0.143. The Bertz CT molecular complexity index is 1440. The first-order valence-corrected chi connectivity index (χ1v) is 40.8. The minimum absolute atomic E-state index is 0.0186. The number of amides is 1. The van der Waals surface area contributed by atoms with Crippen LogP contribution in [0, 0.1) is 0 Å². The van der Waals surface area contributed by atoms with E-state index in [4.69, 9.17) is 4.74 Å². The number of carbonyl (C=O) groups excluding carboxylic acids is 2. The predicted octanol–water partition coefficient (Wildman–Crippen LogP) is 27.0. The number of esters is 1. The second kappa shape index (κ2) is 78.5. The van der Waals surface area contributed by atoms with Gasteiger partial charge in [0.05, 0.1) is 25.4 Å². The predicted molar refractivity (Wildman–Crippen MR) is 393 cm³/mol. The van der Waals surface area contributed by atoms with Crippen molar-refractivity contribution in [3.8, 4) is 0 Å². The summed E-state index contributed by atoms with van der Waals surface area (Å²) in [5, 5.41) is 23.3. The van der Waals surface area contributed by atoms with Crippen LogP contribution in [0.1, 0.15) is 457 Å². The summed E-state index contributed by atoms with van der Waals surface area (Å²) < 4.78 is 5.52. The number of rotatable bonds is 77. The molecule has 6 nitrogen and oxygen atoms in total. The van der Waals surface area contributed by atoms with E-state index in [1.165, 1.54) is 385 Å². The molecule has 0 aliphatic heterocycles. The molecule has 0 aliphatic carbocycles. The van der Waals surface area contributed by atoms with Crippen molar-refractivity contribution in [3.63, 3.8) is 0 Å². The summed E-state index contributed by atoms with van der Waals surface area (Å²) in [7, 11) is 0. The number of ether oxygens (including phenoxy) is 1. The third-order valence-corrected chi connectivity index (χ3v) is 19.2. The molecule has 0 saturated heterocycles. The zero-order valence-corrected chi connectivity index (χ0v) is 60.4. The van der Waals surface area contributed by atoms with Crippen LogP contribution in [0.25, 0.3) is 0 Å². The summed E-state index contributed by atoms with van der Waals surface area (Å²) in [5.74, 6) is -0.0441. The highest BCUT2D eigenvalue weighted by Gasteiger charge is 2.18. The quantitative estimate of drug-likeness (QED) is 0.0320. The molecule has 6 heteroatoms. The van der Waals surface area contributed by atoms with Gasteiger partial charge in [0.1, 0.15) is 0 Å². The lowest BCUT2D eigenvalue weighted by Crippen LogP contribution is -2.45. The van der Waals surface area contributed by atoms with Crippen LogP contribution in [0.15, 0.2) is 36.5 Å². The fraction of sp³-hybridized carbons (Fsp3) is 0.904. The molecule has 0 rings (SSSR count). The molecule has 2 atom stereocenters. The van der Waals surface area contributed by atoms with Crippen LogP contribution in [0.2, 0.25) is 0 Å². The van der Waals surface area contributed by atoms with E-state index in [-0.39, 0.29) is 18.5 Å². The Morgan fingerprint density at radius 2 is 0.562 bits per heavy atom. The van der Waals surface area contributed by atoms with Crippen LogP contribution in [0.3, 0.4) is 0 Å². The Kier molecular flexibility index (Phi) is 76.8. The summed E-state index contributed by atoms with van der Waals surface area (Å²) in [4.78, 5) is 24.7. The SMILES string of the molecule is CCCCCCCCCCCCCCCCCCCCCC/C=C/C(O)C(CO)NC(=O)CCCCCCCCCCCCCCCCC/C=C\C/C=C\CCCCCCCCCCCOC(=O)CCCCCCCCCCCCCCCCCCCCC. The minimum atomic E-state index is -0.846. The van der Waals surface area contributed by atoms with Gasteiger partial charge < -0.3 is 20.3 Å². The van der Waals surface area contributed by atoms with E-state index in [1.807, 2.05) is 6.08 Å². The van der Waals surface area contributed by atoms with Gasteiger partial charge in [0.25, 0.3) is 0 Å². The second-order valence-electron chi connectivity index (χ2n) is 28.1. The van der Waals surface area contributed by atoms with Gasteiger partial charge in [0, 0.05) is 12.8 Å². The molecule has 0 radical (unpaired) electrons. The summed E-state index contributed by atoms with van der Waals surface area (Å²) in [6, 6.07) is -0.629. The Balaban J connectivity index is 3.39. The van der Waals surface area contributed by atoms with Crippen molar-refractivity contribution in [2.75, 3.05) is 13.2 Å². The molecule has 1 amide bonds. The van der Waals surface area contributed by atoms with Gasteiger partial charge in [-0.05, 0) is 64.2 Å². The zero-order chi connectivity index (χ0) is 64.2. The van der Waals surface area contributed by atoms with Gasteiger partial charge in [-0.1, -0.05) is 416 Å². The number of hydrogen-bond donors (Lipinski definition) is 3. The Hall–Kier alpha value is -1.92. The van der Waals surface area contributed by atoms with E-state index in [0.29, 0.717) is 19.4 Å². The number of aliphatic hydroxyl groups excluding tert-OH is 2. The smallest absolute Gasteiger partial charge is 0.305 e. The lowest BCUT2D eigenvalue weighted by atomic mass is 10.0. The average molecular weight is 1250 g/mol. The molecule has 0 heterocycles. The molecule has 0 aliphatic rings. The first kappa shape index (κ1) is 87.1. The molecule has 0 fully saturated rings. The Morgan fingerprint density at radius 1 is 0.315 bits per heavy atom. The van der Waals surface area contributed by atoms with Gasteiger partial charge in [-0.2, -0.15) is 0 Å². The maximum absolute atomic E-state index is 12.5. The third kappa shape index (κ3) is 75.0. The van der Waals surface area contributed by atoms with Gasteiger partial charge in [-0.15, -0.1) is 0 Å². The first-order valence-electron chi connectivity index (χ1n) is 40.8. The molecule has 0 saturated carbocycles. The Labute approximate surface area is 557 Å². The van der Waals surface area contributed by atoms with Crippen molar-refractivity contribution in [3.05, 3.63) is 36.5 Å². The highest BCUT2D eigenvalue weighted by atomic mass is 16.5.